The van der Waals surface area contributed by atoms with Crippen molar-refractivity contribution in [2.75, 3.05) is 24.3 Å². The number of alkyl halides is 3. The lowest BCUT2D eigenvalue weighted by atomic mass is 9.91. The van der Waals surface area contributed by atoms with Gasteiger partial charge < -0.3 is 15.5 Å². The molecule has 0 unspecified atom stereocenters. The second kappa shape index (κ2) is 9.07. The van der Waals surface area contributed by atoms with Crippen molar-refractivity contribution in [3.05, 3.63) is 46.9 Å². The number of aromatic nitrogens is 2. The molecule has 1 aromatic heterocycles. The molecular weight excluding hydrogens is 414 g/mol. The number of nitrogens with one attached hydrogen (secondary N) is 2. The number of anilines is 2. The predicted molar refractivity (Wildman–Crippen MR) is 110 cm³/mol. The number of aryl methyl sites for hydroxylation is 1. The van der Waals surface area contributed by atoms with E-state index >= 15 is 0 Å². The molecule has 2 aromatic rings. The molecule has 1 saturated carbocycles. The Morgan fingerprint density at radius 2 is 1.77 bits per heavy atom. The highest BCUT2D eigenvalue weighted by atomic mass is 19.4. The van der Waals surface area contributed by atoms with Crippen molar-refractivity contribution in [3.63, 3.8) is 0 Å². The van der Waals surface area contributed by atoms with Crippen LogP contribution in [-0.2, 0) is 6.18 Å². The second-order valence-electron chi connectivity index (χ2n) is 7.95. The van der Waals surface area contributed by atoms with Crippen LogP contribution in [0.15, 0.2) is 24.4 Å². The second-order valence-corrected chi connectivity index (χ2v) is 7.95. The molecule has 0 radical (unpaired) electrons. The maximum atomic E-state index is 13.7. The molecule has 1 amide bonds. The summed E-state index contributed by atoms with van der Waals surface area (Å²) in [7, 11) is 3.82. The van der Waals surface area contributed by atoms with Crippen LogP contribution in [0.25, 0.3) is 0 Å². The molecule has 2 N–H and O–H groups in total. The van der Waals surface area contributed by atoms with Crippen LogP contribution >= 0.6 is 0 Å². The van der Waals surface area contributed by atoms with Crippen LogP contribution in [0.4, 0.5) is 29.3 Å². The number of nitrogens with zero attached hydrogens (tertiary/aromatic N) is 3. The summed E-state index contributed by atoms with van der Waals surface area (Å²) in [4.78, 5) is 23.1. The zero-order valence-corrected chi connectivity index (χ0v) is 17.6. The fraction of sp³-hybridized carbons (Fsp3) is 0.476. The van der Waals surface area contributed by atoms with Gasteiger partial charge in [0.25, 0.3) is 5.91 Å². The number of hydrogen-bond acceptors (Lipinski definition) is 5. The van der Waals surface area contributed by atoms with Gasteiger partial charge in [-0.05, 0) is 50.8 Å². The van der Waals surface area contributed by atoms with E-state index in [0.29, 0.717) is 30.9 Å². The lowest BCUT2D eigenvalue weighted by molar-refractivity contribution is -0.140. The summed E-state index contributed by atoms with van der Waals surface area (Å²) in [6.45, 7) is 1.94. The zero-order chi connectivity index (χ0) is 22.8. The lowest BCUT2D eigenvalue weighted by Gasteiger charge is -2.30. The largest absolute Gasteiger partial charge is 0.419 e. The molecule has 168 valence electrons. The fourth-order valence-electron chi connectivity index (χ4n) is 3.67. The molecule has 1 aliphatic carbocycles. The summed E-state index contributed by atoms with van der Waals surface area (Å²) in [6, 6.07) is 2.23. The Morgan fingerprint density at radius 1 is 1.13 bits per heavy atom. The number of hydrogen-bond donors (Lipinski definition) is 2. The number of carbonyl (C=O) groups is 1. The van der Waals surface area contributed by atoms with Crippen molar-refractivity contribution in [3.8, 4) is 0 Å². The van der Waals surface area contributed by atoms with Gasteiger partial charge in [0.2, 0.25) is 5.95 Å². The monoisotopic (exact) mass is 439 g/mol. The molecule has 0 spiro atoms. The van der Waals surface area contributed by atoms with E-state index in [1.165, 1.54) is 0 Å². The molecular formula is C21H25F4N5O. The van der Waals surface area contributed by atoms with Gasteiger partial charge in [0.05, 0.1) is 5.56 Å². The van der Waals surface area contributed by atoms with Gasteiger partial charge in [0, 0.05) is 43.5 Å². The summed E-state index contributed by atoms with van der Waals surface area (Å²) in [6.07, 6.45) is -0.141. The van der Waals surface area contributed by atoms with E-state index in [9.17, 15) is 22.4 Å². The van der Waals surface area contributed by atoms with Gasteiger partial charge in [-0.1, -0.05) is 0 Å². The van der Waals surface area contributed by atoms with Crippen molar-refractivity contribution < 1.29 is 22.4 Å². The maximum Gasteiger partial charge on any atom is 0.419 e. The van der Waals surface area contributed by atoms with Crippen LogP contribution in [0.2, 0.25) is 0 Å². The quantitative estimate of drug-likeness (QED) is 0.685. The average Bonchev–Trinajstić information content (AvgIpc) is 2.69. The summed E-state index contributed by atoms with van der Waals surface area (Å²) in [5.74, 6) is -0.658. The lowest BCUT2D eigenvalue weighted by Crippen LogP contribution is -2.40. The van der Waals surface area contributed by atoms with E-state index in [-0.39, 0.29) is 17.6 Å². The molecule has 10 heteroatoms. The Hall–Kier alpha value is -2.91. The van der Waals surface area contributed by atoms with Crippen molar-refractivity contribution >= 4 is 17.7 Å². The van der Waals surface area contributed by atoms with Crippen molar-refractivity contribution in [1.82, 2.24) is 15.3 Å². The van der Waals surface area contributed by atoms with Crippen molar-refractivity contribution in [1.29, 1.82) is 0 Å². The summed E-state index contributed by atoms with van der Waals surface area (Å²) in [5, 5.41) is 6.10. The van der Waals surface area contributed by atoms with E-state index in [1.807, 2.05) is 25.9 Å². The summed E-state index contributed by atoms with van der Waals surface area (Å²) >= 11 is 0. The van der Waals surface area contributed by atoms with Gasteiger partial charge in [-0.2, -0.15) is 18.2 Å². The van der Waals surface area contributed by atoms with Gasteiger partial charge in [-0.3, -0.25) is 4.79 Å². The minimum absolute atomic E-state index is 0.130. The van der Waals surface area contributed by atoms with Crippen molar-refractivity contribution in [2.45, 2.75) is 50.9 Å². The Labute approximate surface area is 178 Å². The van der Waals surface area contributed by atoms with Crippen LogP contribution in [0, 0.1) is 12.7 Å². The summed E-state index contributed by atoms with van der Waals surface area (Å²) < 4.78 is 51.7. The molecule has 1 heterocycles. The molecule has 0 atom stereocenters. The first kappa shape index (κ1) is 22.8. The molecule has 1 aromatic carbocycles. The highest BCUT2D eigenvalue weighted by Crippen LogP contribution is 2.31. The van der Waals surface area contributed by atoms with Gasteiger partial charge in [-0.25, -0.2) is 9.37 Å². The van der Waals surface area contributed by atoms with Gasteiger partial charge in [-0.15, -0.1) is 0 Å². The number of carbonyl (C=O) groups excluding carboxylic acids is 1. The molecule has 1 fully saturated rings. The smallest absolute Gasteiger partial charge is 0.362 e. The molecule has 0 aliphatic heterocycles. The number of amides is 1. The molecule has 3 rings (SSSR count). The first-order valence-corrected chi connectivity index (χ1v) is 9.99. The van der Waals surface area contributed by atoms with Gasteiger partial charge >= 0.3 is 6.18 Å². The highest BCUT2D eigenvalue weighted by Gasteiger charge is 2.34. The minimum Gasteiger partial charge on any atom is -0.362 e. The standard InChI is InChI=1S/C21H25F4N5O/c1-12-11-26-20(29-18(12)30(2)3)28-15-7-5-14(6-8-15)27-19(31)13-4-9-16(17(22)10-13)21(23,24)25/h4,9-11,14-15H,5-8H2,1-3H3,(H,27,31)(H,26,28,29). The fourth-order valence-corrected chi connectivity index (χ4v) is 3.67. The van der Waals surface area contributed by atoms with Crippen LogP contribution in [0.1, 0.15) is 47.2 Å². The average molecular weight is 439 g/mol. The summed E-state index contributed by atoms with van der Waals surface area (Å²) in [5.41, 5.74) is -0.539. The Balaban J connectivity index is 1.54. The van der Waals surface area contributed by atoms with E-state index in [0.717, 1.165) is 30.3 Å². The van der Waals surface area contributed by atoms with E-state index < -0.39 is 23.5 Å². The van der Waals surface area contributed by atoms with Crippen LogP contribution in [-0.4, -0.2) is 42.1 Å². The predicted octanol–water partition coefficient (Wildman–Crippen LogP) is 4.16. The molecule has 0 saturated heterocycles. The normalized spacial score (nSPS) is 19.1. The number of halogens is 4. The topological polar surface area (TPSA) is 70.1 Å². The first-order chi connectivity index (χ1) is 14.5. The van der Waals surface area contributed by atoms with Crippen LogP contribution in [0.3, 0.4) is 0 Å². The zero-order valence-electron chi connectivity index (χ0n) is 17.6. The van der Waals surface area contributed by atoms with Gasteiger partial charge in [0.15, 0.2) is 0 Å². The van der Waals surface area contributed by atoms with Gasteiger partial charge in [0.1, 0.15) is 11.6 Å². The van der Waals surface area contributed by atoms with E-state index in [1.54, 1.807) is 6.20 Å². The maximum absolute atomic E-state index is 13.7. The third kappa shape index (κ3) is 5.62. The molecule has 6 nitrogen and oxygen atoms in total. The number of rotatable bonds is 5. The molecule has 1 aliphatic rings. The molecule has 31 heavy (non-hydrogen) atoms. The highest BCUT2D eigenvalue weighted by molar-refractivity contribution is 5.94. The first-order valence-electron chi connectivity index (χ1n) is 9.99. The Bertz CT molecular complexity index is 940. The SMILES string of the molecule is Cc1cnc(NC2CCC(NC(=O)c3ccc(C(F)(F)F)c(F)c3)CC2)nc1N(C)C. The van der Waals surface area contributed by atoms with Crippen LogP contribution in [0.5, 0.6) is 0 Å². The van der Waals surface area contributed by atoms with Crippen LogP contribution < -0.4 is 15.5 Å². The third-order valence-corrected chi connectivity index (χ3v) is 5.30. The Morgan fingerprint density at radius 3 is 2.35 bits per heavy atom. The molecule has 0 bridgehead atoms. The van der Waals surface area contributed by atoms with E-state index in [2.05, 4.69) is 20.6 Å². The van der Waals surface area contributed by atoms with E-state index in [4.69, 9.17) is 0 Å². The third-order valence-electron chi connectivity index (χ3n) is 5.30. The Kier molecular flexibility index (Phi) is 6.66. The number of benzene rings is 1. The minimum atomic E-state index is -4.79. The van der Waals surface area contributed by atoms with Crippen molar-refractivity contribution in [2.24, 2.45) is 0 Å².